The molecule has 1 atom stereocenters. The van der Waals surface area contributed by atoms with Crippen LogP contribution in [0.25, 0.3) is 0 Å². The van der Waals surface area contributed by atoms with E-state index >= 15 is 0 Å². The molecule has 0 aliphatic carbocycles. The summed E-state index contributed by atoms with van der Waals surface area (Å²) in [6.07, 6.45) is 4.57. The predicted molar refractivity (Wildman–Crippen MR) is 82.0 cm³/mol. The molecule has 0 aromatic carbocycles. The maximum atomic E-state index is 12.2. The van der Waals surface area contributed by atoms with Gasteiger partial charge in [0.25, 0.3) is 0 Å². The van der Waals surface area contributed by atoms with Gasteiger partial charge >= 0.3 is 0 Å². The smallest absolute Gasteiger partial charge is 0.242 e. The van der Waals surface area contributed by atoms with E-state index in [-0.39, 0.29) is 6.04 Å². The standard InChI is InChI=1S/C14H27N3O2S/c1-11(2)6-5-7-12(3)17-20(18,19)14-8-13(9-15-4)16-10-14/h8,10-12,15-17H,5-7,9H2,1-4H3. The average Bonchev–Trinajstić information content (AvgIpc) is 2.77. The van der Waals surface area contributed by atoms with Crippen molar-refractivity contribution in [3.05, 3.63) is 18.0 Å². The molecule has 1 unspecified atom stereocenters. The van der Waals surface area contributed by atoms with E-state index in [1.54, 1.807) is 6.07 Å². The van der Waals surface area contributed by atoms with Crippen molar-refractivity contribution in [2.24, 2.45) is 5.92 Å². The largest absolute Gasteiger partial charge is 0.363 e. The summed E-state index contributed by atoms with van der Waals surface area (Å²) in [6.45, 7) is 6.90. The van der Waals surface area contributed by atoms with Crippen molar-refractivity contribution in [2.45, 2.75) is 57.5 Å². The lowest BCUT2D eigenvalue weighted by molar-refractivity contribution is 0.488. The van der Waals surface area contributed by atoms with Crippen molar-refractivity contribution in [1.82, 2.24) is 15.0 Å². The van der Waals surface area contributed by atoms with E-state index in [0.29, 0.717) is 17.4 Å². The molecule has 0 saturated carbocycles. The third-order valence-corrected chi connectivity index (χ3v) is 4.74. The van der Waals surface area contributed by atoms with Crippen molar-refractivity contribution in [2.75, 3.05) is 7.05 Å². The first kappa shape index (κ1) is 17.2. The molecule has 0 spiro atoms. The molecule has 116 valence electrons. The fourth-order valence-electron chi connectivity index (χ4n) is 2.09. The second kappa shape index (κ2) is 7.81. The monoisotopic (exact) mass is 301 g/mol. The van der Waals surface area contributed by atoms with Crippen molar-refractivity contribution < 1.29 is 8.42 Å². The summed E-state index contributed by atoms with van der Waals surface area (Å²) >= 11 is 0. The van der Waals surface area contributed by atoms with Crippen LogP contribution in [-0.4, -0.2) is 26.5 Å². The van der Waals surface area contributed by atoms with E-state index in [1.165, 1.54) is 6.20 Å². The van der Waals surface area contributed by atoms with E-state index in [1.807, 2.05) is 14.0 Å². The van der Waals surface area contributed by atoms with Gasteiger partial charge in [0, 0.05) is 24.5 Å². The van der Waals surface area contributed by atoms with Gasteiger partial charge in [-0.05, 0) is 32.4 Å². The zero-order valence-electron chi connectivity index (χ0n) is 12.9. The molecule has 1 aromatic rings. The lowest BCUT2D eigenvalue weighted by Crippen LogP contribution is -2.32. The number of sulfonamides is 1. The quantitative estimate of drug-likeness (QED) is 0.655. The lowest BCUT2D eigenvalue weighted by atomic mass is 10.0. The van der Waals surface area contributed by atoms with Crippen molar-refractivity contribution >= 4 is 10.0 Å². The van der Waals surface area contributed by atoms with Gasteiger partial charge in [-0.1, -0.05) is 26.7 Å². The fourth-order valence-corrected chi connectivity index (χ4v) is 3.39. The second-order valence-electron chi connectivity index (χ2n) is 5.74. The maximum Gasteiger partial charge on any atom is 0.242 e. The minimum Gasteiger partial charge on any atom is -0.363 e. The van der Waals surface area contributed by atoms with Gasteiger partial charge in [-0.25, -0.2) is 13.1 Å². The lowest BCUT2D eigenvalue weighted by Gasteiger charge is -2.14. The summed E-state index contributed by atoms with van der Waals surface area (Å²) in [5, 5.41) is 2.98. The van der Waals surface area contributed by atoms with Gasteiger partial charge in [-0.2, -0.15) is 0 Å². The van der Waals surface area contributed by atoms with Crippen LogP contribution in [0.4, 0.5) is 0 Å². The zero-order chi connectivity index (χ0) is 15.2. The van der Waals surface area contributed by atoms with Gasteiger partial charge < -0.3 is 10.3 Å². The van der Waals surface area contributed by atoms with Crippen LogP contribution < -0.4 is 10.0 Å². The van der Waals surface area contributed by atoms with E-state index in [4.69, 9.17) is 0 Å². The van der Waals surface area contributed by atoms with Gasteiger partial charge in [0.05, 0.1) is 4.90 Å². The van der Waals surface area contributed by atoms with Crippen LogP contribution in [0.1, 0.15) is 45.7 Å². The first-order valence-corrected chi connectivity index (χ1v) is 8.67. The third kappa shape index (κ3) is 5.64. The highest BCUT2D eigenvalue weighted by molar-refractivity contribution is 7.89. The normalized spacial score (nSPS) is 13.8. The number of rotatable bonds is 9. The van der Waals surface area contributed by atoms with Crippen LogP contribution in [0.15, 0.2) is 17.2 Å². The fraction of sp³-hybridized carbons (Fsp3) is 0.714. The Bertz CT molecular complexity index is 494. The molecular formula is C14H27N3O2S. The minimum absolute atomic E-state index is 0.0404. The Morgan fingerprint density at radius 2 is 1.95 bits per heavy atom. The molecule has 1 aromatic heterocycles. The highest BCUT2D eigenvalue weighted by Crippen LogP contribution is 2.13. The molecule has 3 N–H and O–H groups in total. The zero-order valence-corrected chi connectivity index (χ0v) is 13.7. The van der Waals surface area contributed by atoms with Crippen LogP contribution in [-0.2, 0) is 16.6 Å². The van der Waals surface area contributed by atoms with E-state index in [2.05, 4.69) is 28.9 Å². The van der Waals surface area contributed by atoms with Gasteiger partial charge in [0.1, 0.15) is 0 Å². The number of nitrogens with one attached hydrogen (secondary N) is 3. The summed E-state index contributed by atoms with van der Waals surface area (Å²) in [4.78, 5) is 3.27. The SMILES string of the molecule is CNCc1cc(S(=O)(=O)NC(C)CCCC(C)C)c[nH]1. The molecule has 0 aliphatic heterocycles. The molecule has 0 amide bonds. The average molecular weight is 301 g/mol. The molecule has 20 heavy (non-hydrogen) atoms. The number of hydrogen-bond donors (Lipinski definition) is 3. The Kier molecular flexibility index (Phi) is 6.71. The number of aromatic amines is 1. The predicted octanol–water partition coefficient (Wildman–Crippen LogP) is 2.23. The first-order chi connectivity index (χ1) is 9.35. The Hall–Kier alpha value is -0.850. The van der Waals surface area contributed by atoms with E-state index in [9.17, 15) is 8.42 Å². The number of aromatic nitrogens is 1. The molecule has 0 saturated heterocycles. The molecular weight excluding hydrogens is 274 g/mol. The minimum atomic E-state index is -3.42. The summed E-state index contributed by atoms with van der Waals surface area (Å²) in [6, 6.07) is 1.63. The van der Waals surface area contributed by atoms with Gasteiger partial charge in [-0.15, -0.1) is 0 Å². The van der Waals surface area contributed by atoms with Gasteiger partial charge in [0.15, 0.2) is 0 Å². The molecule has 0 radical (unpaired) electrons. The molecule has 1 heterocycles. The summed E-state index contributed by atoms with van der Waals surface area (Å²) in [5.74, 6) is 0.660. The summed E-state index contributed by atoms with van der Waals surface area (Å²) in [7, 11) is -1.59. The summed E-state index contributed by atoms with van der Waals surface area (Å²) < 4.78 is 27.1. The van der Waals surface area contributed by atoms with Crippen LogP contribution >= 0.6 is 0 Å². The third-order valence-electron chi connectivity index (χ3n) is 3.17. The molecule has 0 fully saturated rings. The molecule has 0 aliphatic rings. The second-order valence-corrected chi connectivity index (χ2v) is 7.45. The molecule has 0 bridgehead atoms. The van der Waals surface area contributed by atoms with Crippen LogP contribution in [0.2, 0.25) is 0 Å². The summed E-state index contributed by atoms with van der Waals surface area (Å²) in [5.41, 5.74) is 0.861. The Morgan fingerprint density at radius 3 is 2.55 bits per heavy atom. The molecule has 1 rings (SSSR count). The number of hydrogen-bond acceptors (Lipinski definition) is 3. The topological polar surface area (TPSA) is 74.0 Å². The van der Waals surface area contributed by atoms with Crippen LogP contribution in [0.5, 0.6) is 0 Å². The van der Waals surface area contributed by atoms with Crippen molar-refractivity contribution in [1.29, 1.82) is 0 Å². The van der Waals surface area contributed by atoms with Gasteiger partial charge in [-0.3, -0.25) is 0 Å². The Labute approximate surface area is 122 Å². The van der Waals surface area contributed by atoms with Gasteiger partial charge in [0.2, 0.25) is 10.0 Å². The maximum absolute atomic E-state index is 12.2. The Morgan fingerprint density at radius 1 is 1.25 bits per heavy atom. The molecule has 5 nitrogen and oxygen atoms in total. The van der Waals surface area contributed by atoms with E-state index < -0.39 is 10.0 Å². The Balaban J connectivity index is 2.55. The number of H-pyrrole nitrogens is 1. The first-order valence-electron chi connectivity index (χ1n) is 7.19. The van der Waals surface area contributed by atoms with E-state index in [0.717, 1.165) is 25.0 Å². The van der Waals surface area contributed by atoms with Crippen LogP contribution in [0.3, 0.4) is 0 Å². The highest BCUT2D eigenvalue weighted by atomic mass is 32.2. The highest BCUT2D eigenvalue weighted by Gasteiger charge is 2.18. The van der Waals surface area contributed by atoms with Crippen molar-refractivity contribution in [3.63, 3.8) is 0 Å². The molecule has 6 heteroatoms. The van der Waals surface area contributed by atoms with Crippen molar-refractivity contribution in [3.8, 4) is 0 Å². The van der Waals surface area contributed by atoms with Crippen LogP contribution in [0, 0.1) is 5.92 Å².